The molecule has 4 N–H and O–H groups in total. The van der Waals surface area contributed by atoms with Crippen LogP contribution in [0.5, 0.6) is 0 Å². The van der Waals surface area contributed by atoms with Gasteiger partial charge >= 0.3 is 0 Å². The van der Waals surface area contributed by atoms with Crippen LogP contribution in [-0.4, -0.2) is 35.8 Å². The van der Waals surface area contributed by atoms with Gasteiger partial charge in [0.15, 0.2) is 9.84 Å². The monoisotopic (exact) mass is 346 g/mol. The molecule has 0 aliphatic heterocycles. The molecule has 0 aliphatic rings. The van der Waals surface area contributed by atoms with E-state index in [0.717, 1.165) is 6.26 Å². The first-order chi connectivity index (χ1) is 11.4. The van der Waals surface area contributed by atoms with E-state index >= 15 is 0 Å². The summed E-state index contributed by atoms with van der Waals surface area (Å²) >= 11 is 0. The SMILES string of the molecule is CS(=O)(=O)c1ccc2nc(Nc3cccc(C(=O)NO)c3)[nH]c2c1. The fourth-order valence-corrected chi connectivity index (χ4v) is 2.87. The van der Waals surface area contributed by atoms with Gasteiger partial charge in [-0.2, -0.15) is 0 Å². The zero-order chi connectivity index (χ0) is 17.3. The van der Waals surface area contributed by atoms with Crippen molar-refractivity contribution in [2.24, 2.45) is 0 Å². The molecule has 124 valence electrons. The number of nitrogens with one attached hydrogen (secondary N) is 3. The summed E-state index contributed by atoms with van der Waals surface area (Å²) in [4.78, 5) is 18.9. The summed E-state index contributed by atoms with van der Waals surface area (Å²) in [6, 6.07) is 11.1. The molecule has 0 atom stereocenters. The molecule has 1 amide bonds. The van der Waals surface area contributed by atoms with Gasteiger partial charge in [-0.25, -0.2) is 18.9 Å². The van der Waals surface area contributed by atoms with E-state index in [1.54, 1.807) is 35.8 Å². The quantitative estimate of drug-likeness (QED) is 0.422. The maximum absolute atomic E-state index is 11.6. The van der Waals surface area contributed by atoms with Crippen molar-refractivity contribution >= 4 is 38.4 Å². The van der Waals surface area contributed by atoms with Gasteiger partial charge in [0.05, 0.1) is 15.9 Å². The van der Waals surface area contributed by atoms with Crippen LogP contribution in [0.15, 0.2) is 47.4 Å². The fourth-order valence-electron chi connectivity index (χ4n) is 2.22. The van der Waals surface area contributed by atoms with Gasteiger partial charge in [0.2, 0.25) is 5.95 Å². The molecule has 0 spiro atoms. The molecule has 24 heavy (non-hydrogen) atoms. The van der Waals surface area contributed by atoms with E-state index in [4.69, 9.17) is 5.21 Å². The van der Waals surface area contributed by atoms with E-state index in [1.165, 1.54) is 12.1 Å². The first kappa shape index (κ1) is 16.0. The molecule has 0 bridgehead atoms. The first-order valence-electron chi connectivity index (χ1n) is 6.88. The molecule has 0 fully saturated rings. The molecule has 3 rings (SSSR count). The summed E-state index contributed by atoms with van der Waals surface area (Å²) in [6.45, 7) is 0. The normalized spacial score (nSPS) is 11.4. The van der Waals surface area contributed by atoms with Crippen LogP contribution >= 0.6 is 0 Å². The van der Waals surface area contributed by atoms with Gasteiger partial charge in [-0.15, -0.1) is 0 Å². The van der Waals surface area contributed by atoms with Crippen LogP contribution in [0.2, 0.25) is 0 Å². The Morgan fingerprint density at radius 2 is 2.00 bits per heavy atom. The number of hydroxylamine groups is 1. The molecule has 0 radical (unpaired) electrons. The highest BCUT2D eigenvalue weighted by molar-refractivity contribution is 7.90. The minimum atomic E-state index is -3.30. The molecule has 1 heterocycles. The number of hydrogen-bond acceptors (Lipinski definition) is 6. The number of benzene rings is 2. The lowest BCUT2D eigenvalue weighted by Gasteiger charge is -2.04. The average molecular weight is 346 g/mol. The van der Waals surface area contributed by atoms with Crippen molar-refractivity contribution in [1.82, 2.24) is 15.4 Å². The first-order valence-corrected chi connectivity index (χ1v) is 8.77. The number of carbonyl (C=O) groups excluding carboxylic acids is 1. The van der Waals surface area contributed by atoms with Crippen LogP contribution in [0.3, 0.4) is 0 Å². The Morgan fingerprint density at radius 1 is 1.21 bits per heavy atom. The number of imidazole rings is 1. The van der Waals surface area contributed by atoms with Crippen molar-refractivity contribution in [3.8, 4) is 0 Å². The maximum atomic E-state index is 11.6. The van der Waals surface area contributed by atoms with Crippen molar-refractivity contribution in [3.63, 3.8) is 0 Å². The van der Waals surface area contributed by atoms with Gasteiger partial charge in [-0.3, -0.25) is 10.0 Å². The number of hydrogen-bond donors (Lipinski definition) is 4. The highest BCUT2D eigenvalue weighted by Gasteiger charge is 2.11. The predicted octanol–water partition coefficient (Wildman–Crippen LogP) is 1.83. The number of nitrogens with zero attached hydrogens (tertiary/aromatic N) is 1. The highest BCUT2D eigenvalue weighted by Crippen LogP contribution is 2.21. The number of amides is 1. The minimum Gasteiger partial charge on any atom is -0.326 e. The molecule has 8 nitrogen and oxygen atoms in total. The van der Waals surface area contributed by atoms with Crippen LogP contribution in [0.1, 0.15) is 10.4 Å². The lowest BCUT2D eigenvalue weighted by atomic mass is 10.2. The summed E-state index contributed by atoms with van der Waals surface area (Å²) in [5.74, 6) is -0.224. The van der Waals surface area contributed by atoms with Crippen LogP contribution in [0.25, 0.3) is 11.0 Å². The molecule has 3 aromatic rings. The van der Waals surface area contributed by atoms with Gasteiger partial charge in [-0.1, -0.05) is 6.07 Å². The van der Waals surface area contributed by atoms with Crippen molar-refractivity contribution < 1.29 is 18.4 Å². The molecule has 0 unspecified atom stereocenters. The van der Waals surface area contributed by atoms with E-state index in [9.17, 15) is 13.2 Å². The number of carbonyl (C=O) groups is 1. The zero-order valence-corrected chi connectivity index (χ0v) is 13.4. The van der Waals surface area contributed by atoms with Gasteiger partial charge in [0, 0.05) is 17.5 Å². The van der Waals surface area contributed by atoms with E-state index in [1.807, 2.05) is 0 Å². The van der Waals surface area contributed by atoms with E-state index in [0.29, 0.717) is 22.7 Å². The van der Waals surface area contributed by atoms with Crippen LogP contribution in [0, 0.1) is 0 Å². The lowest BCUT2D eigenvalue weighted by Crippen LogP contribution is -2.18. The second kappa shape index (κ2) is 5.95. The topological polar surface area (TPSA) is 124 Å². The molecule has 0 saturated heterocycles. The standard InChI is InChI=1S/C15H14N4O4S/c1-24(22,23)11-5-6-12-13(8-11)18-15(17-12)16-10-4-2-3-9(7-10)14(20)19-21/h2-8,21H,1H3,(H,19,20)(H2,16,17,18). The zero-order valence-electron chi connectivity index (χ0n) is 12.6. The number of sulfone groups is 1. The van der Waals surface area contributed by atoms with Crippen molar-refractivity contribution in [1.29, 1.82) is 0 Å². The molecule has 0 saturated carbocycles. The van der Waals surface area contributed by atoms with E-state index in [-0.39, 0.29) is 10.5 Å². The third-order valence-corrected chi connectivity index (χ3v) is 4.48. The highest BCUT2D eigenvalue weighted by atomic mass is 32.2. The van der Waals surface area contributed by atoms with Gasteiger partial charge < -0.3 is 10.3 Å². The van der Waals surface area contributed by atoms with Crippen LogP contribution in [0.4, 0.5) is 11.6 Å². The summed E-state index contributed by atoms with van der Waals surface area (Å²) in [5.41, 5.74) is 3.60. The maximum Gasteiger partial charge on any atom is 0.274 e. The largest absolute Gasteiger partial charge is 0.326 e. The number of anilines is 2. The van der Waals surface area contributed by atoms with Crippen molar-refractivity contribution in [3.05, 3.63) is 48.0 Å². The average Bonchev–Trinajstić information content (AvgIpc) is 2.94. The Balaban J connectivity index is 1.92. The number of aromatic amines is 1. The molecule has 2 aromatic carbocycles. The van der Waals surface area contributed by atoms with Gasteiger partial charge in [-0.05, 0) is 36.4 Å². The minimum absolute atomic E-state index is 0.201. The number of aromatic nitrogens is 2. The number of H-pyrrole nitrogens is 1. The van der Waals surface area contributed by atoms with Crippen molar-refractivity contribution in [2.75, 3.05) is 11.6 Å². The Bertz CT molecular complexity index is 1030. The molecule has 0 aliphatic carbocycles. The van der Waals surface area contributed by atoms with E-state index < -0.39 is 15.7 Å². The third kappa shape index (κ3) is 3.21. The molecule has 9 heteroatoms. The van der Waals surface area contributed by atoms with Gasteiger partial charge in [0.1, 0.15) is 0 Å². The molecular formula is C15H14N4O4S. The Hall–Kier alpha value is -2.91. The number of rotatable bonds is 4. The summed E-state index contributed by atoms with van der Waals surface area (Å²) in [5, 5.41) is 11.7. The fraction of sp³-hybridized carbons (Fsp3) is 0.0667. The second-order valence-corrected chi connectivity index (χ2v) is 7.20. The van der Waals surface area contributed by atoms with E-state index in [2.05, 4.69) is 15.3 Å². The predicted molar refractivity (Wildman–Crippen MR) is 88.2 cm³/mol. The Kier molecular flexibility index (Phi) is 3.96. The Morgan fingerprint density at radius 3 is 2.71 bits per heavy atom. The van der Waals surface area contributed by atoms with Crippen molar-refractivity contribution in [2.45, 2.75) is 4.90 Å². The van der Waals surface area contributed by atoms with Crippen LogP contribution in [-0.2, 0) is 9.84 Å². The van der Waals surface area contributed by atoms with Gasteiger partial charge in [0.25, 0.3) is 5.91 Å². The summed E-state index contributed by atoms with van der Waals surface area (Å²) in [6.07, 6.45) is 1.14. The summed E-state index contributed by atoms with van der Waals surface area (Å²) < 4.78 is 23.2. The number of fused-ring (bicyclic) bond motifs is 1. The lowest BCUT2D eigenvalue weighted by molar-refractivity contribution is 0.0706. The summed E-state index contributed by atoms with van der Waals surface area (Å²) in [7, 11) is -3.30. The second-order valence-electron chi connectivity index (χ2n) is 5.18. The van der Waals surface area contributed by atoms with Crippen LogP contribution < -0.4 is 10.8 Å². The molecular weight excluding hydrogens is 332 g/mol. The Labute approximate surface area is 137 Å². The smallest absolute Gasteiger partial charge is 0.274 e. The third-order valence-electron chi connectivity index (χ3n) is 3.37. The molecule has 1 aromatic heterocycles.